The van der Waals surface area contributed by atoms with Crippen LogP contribution in [-0.4, -0.2) is 17.7 Å². The topological polar surface area (TPSA) is 75.3 Å². The van der Waals surface area contributed by atoms with Gasteiger partial charge in [0, 0.05) is 27.5 Å². The molecule has 1 aliphatic heterocycles. The zero-order valence-corrected chi connectivity index (χ0v) is 18.8. The standard InChI is InChI=1S/C26H24N2O3S/c1-16-3-10-23(13-17(16)2)32-22-11-8-21(9-12-22)27-25(30)19-6-4-18(5-7-19)14-20-15-24(29)28-26(20)31/h3-13,20H,14-15H2,1-2H3,(H,27,30)(H,28,29,31). The molecule has 0 saturated carbocycles. The first-order valence-electron chi connectivity index (χ1n) is 10.5. The Morgan fingerprint density at radius 2 is 1.62 bits per heavy atom. The Bertz CT molecular complexity index is 1170. The minimum absolute atomic E-state index is 0.195. The molecule has 3 aromatic rings. The lowest BCUT2D eigenvalue weighted by Gasteiger charge is -2.09. The van der Waals surface area contributed by atoms with Crippen molar-refractivity contribution in [1.82, 2.24) is 5.32 Å². The second-order valence-corrected chi connectivity index (χ2v) is 9.19. The molecule has 3 aromatic carbocycles. The Balaban J connectivity index is 1.34. The monoisotopic (exact) mass is 444 g/mol. The van der Waals surface area contributed by atoms with Gasteiger partial charge in [0.1, 0.15) is 0 Å². The first-order chi connectivity index (χ1) is 15.4. The number of carbonyl (C=O) groups excluding carboxylic acids is 3. The predicted molar refractivity (Wildman–Crippen MR) is 126 cm³/mol. The van der Waals surface area contributed by atoms with E-state index >= 15 is 0 Å². The van der Waals surface area contributed by atoms with Gasteiger partial charge in [-0.2, -0.15) is 0 Å². The summed E-state index contributed by atoms with van der Waals surface area (Å²) >= 11 is 1.69. The molecule has 0 radical (unpaired) electrons. The third kappa shape index (κ3) is 5.26. The van der Waals surface area contributed by atoms with E-state index in [1.54, 1.807) is 23.9 Å². The molecule has 1 saturated heterocycles. The van der Waals surface area contributed by atoms with E-state index in [-0.39, 0.29) is 30.1 Å². The summed E-state index contributed by atoms with van der Waals surface area (Å²) in [5, 5.41) is 5.24. The van der Waals surface area contributed by atoms with Crippen LogP contribution >= 0.6 is 11.8 Å². The second-order valence-electron chi connectivity index (χ2n) is 8.04. The molecule has 5 nitrogen and oxygen atoms in total. The molecule has 32 heavy (non-hydrogen) atoms. The third-order valence-corrected chi connectivity index (χ3v) is 6.59. The maximum absolute atomic E-state index is 12.6. The Kier molecular flexibility index (Phi) is 6.42. The van der Waals surface area contributed by atoms with Crippen molar-refractivity contribution in [3.8, 4) is 0 Å². The third-order valence-electron chi connectivity index (χ3n) is 5.59. The van der Waals surface area contributed by atoms with Crippen molar-refractivity contribution in [2.45, 2.75) is 36.5 Å². The van der Waals surface area contributed by atoms with Crippen LogP contribution in [-0.2, 0) is 16.0 Å². The average Bonchev–Trinajstić information content (AvgIpc) is 3.09. The zero-order valence-electron chi connectivity index (χ0n) is 18.0. The maximum Gasteiger partial charge on any atom is 0.255 e. The van der Waals surface area contributed by atoms with Crippen LogP contribution in [0.15, 0.2) is 76.5 Å². The summed E-state index contributed by atoms with van der Waals surface area (Å²) in [6.45, 7) is 4.21. The van der Waals surface area contributed by atoms with Crippen LogP contribution in [0.25, 0.3) is 0 Å². The molecule has 0 aliphatic carbocycles. The molecule has 162 valence electrons. The highest BCUT2D eigenvalue weighted by atomic mass is 32.2. The van der Waals surface area contributed by atoms with Crippen molar-refractivity contribution in [3.05, 3.63) is 89.0 Å². The molecule has 0 spiro atoms. The van der Waals surface area contributed by atoms with E-state index in [9.17, 15) is 14.4 Å². The number of imide groups is 1. The molecule has 0 bridgehead atoms. The Hall–Kier alpha value is -3.38. The molecule has 1 atom stereocenters. The lowest BCUT2D eigenvalue weighted by Crippen LogP contribution is -2.22. The quantitative estimate of drug-likeness (QED) is 0.530. The van der Waals surface area contributed by atoms with Crippen LogP contribution in [0.3, 0.4) is 0 Å². The molecule has 1 fully saturated rings. The molecule has 4 rings (SSSR count). The van der Waals surface area contributed by atoms with Crippen molar-refractivity contribution in [2.24, 2.45) is 5.92 Å². The van der Waals surface area contributed by atoms with E-state index < -0.39 is 0 Å². The predicted octanol–water partition coefficient (Wildman–Crippen LogP) is 4.91. The number of nitrogens with one attached hydrogen (secondary N) is 2. The van der Waals surface area contributed by atoms with Gasteiger partial charge in [-0.15, -0.1) is 0 Å². The molecule has 1 unspecified atom stereocenters. The van der Waals surface area contributed by atoms with E-state index in [2.05, 4.69) is 42.7 Å². The van der Waals surface area contributed by atoms with Gasteiger partial charge in [-0.1, -0.05) is 30.0 Å². The van der Waals surface area contributed by atoms with E-state index in [0.717, 1.165) is 16.1 Å². The number of aryl methyl sites for hydroxylation is 2. The first kappa shape index (κ1) is 21.8. The molecule has 2 N–H and O–H groups in total. The van der Waals surface area contributed by atoms with Crippen LogP contribution in [0, 0.1) is 19.8 Å². The fourth-order valence-electron chi connectivity index (χ4n) is 3.57. The summed E-state index contributed by atoms with van der Waals surface area (Å²) in [7, 11) is 0. The molecular weight excluding hydrogens is 420 g/mol. The summed E-state index contributed by atoms with van der Waals surface area (Å²) in [4.78, 5) is 37.9. The Morgan fingerprint density at radius 3 is 2.25 bits per heavy atom. The molecule has 1 aliphatic rings. The molecule has 0 aromatic heterocycles. The maximum atomic E-state index is 12.6. The highest BCUT2D eigenvalue weighted by Gasteiger charge is 2.30. The number of benzene rings is 3. The molecule has 3 amide bonds. The van der Waals surface area contributed by atoms with Crippen molar-refractivity contribution in [1.29, 1.82) is 0 Å². The molecular formula is C26H24N2O3S. The number of hydrogen-bond acceptors (Lipinski definition) is 4. The average molecular weight is 445 g/mol. The largest absolute Gasteiger partial charge is 0.322 e. The number of anilines is 1. The van der Waals surface area contributed by atoms with Crippen LogP contribution in [0.2, 0.25) is 0 Å². The molecule has 6 heteroatoms. The van der Waals surface area contributed by atoms with Crippen molar-refractivity contribution in [3.63, 3.8) is 0 Å². The number of hydrogen-bond donors (Lipinski definition) is 2. The van der Waals surface area contributed by atoms with E-state index in [4.69, 9.17) is 0 Å². The van der Waals surface area contributed by atoms with Crippen LogP contribution in [0.4, 0.5) is 5.69 Å². The summed E-state index contributed by atoms with van der Waals surface area (Å²) in [6, 6.07) is 21.3. The highest BCUT2D eigenvalue weighted by molar-refractivity contribution is 7.99. The van der Waals surface area contributed by atoms with Gasteiger partial charge < -0.3 is 5.32 Å². The SMILES string of the molecule is Cc1ccc(Sc2ccc(NC(=O)c3ccc(CC4CC(=O)NC4=O)cc3)cc2)cc1C. The number of rotatable bonds is 6. The van der Waals surface area contributed by atoms with Crippen molar-refractivity contribution < 1.29 is 14.4 Å². The van der Waals surface area contributed by atoms with Gasteiger partial charge in [-0.05, 0) is 85.5 Å². The normalized spacial score (nSPS) is 15.5. The van der Waals surface area contributed by atoms with Crippen LogP contribution < -0.4 is 10.6 Å². The van der Waals surface area contributed by atoms with Gasteiger partial charge in [0.25, 0.3) is 5.91 Å². The van der Waals surface area contributed by atoms with Crippen molar-refractivity contribution >= 4 is 35.2 Å². The Labute approximate surface area is 191 Å². The summed E-state index contributed by atoms with van der Waals surface area (Å²) < 4.78 is 0. The smallest absolute Gasteiger partial charge is 0.255 e. The minimum Gasteiger partial charge on any atom is -0.322 e. The summed E-state index contributed by atoms with van der Waals surface area (Å²) in [5.41, 5.74) is 4.73. The fraction of sp³-hybridized carbons (Fsp3) is 0.192. The lowest BCUT2D eigenvalue weighted by molar-refractivity contribution is -0.125. The number of carbonyl (C=O) groups is 3. The second kappa shape index (κ2) is 9.40. The minimum atomic E-state index is -0.331. The number of amides is 3. The molecule has 1 heterocycles. The van der Waals surface area contributed by atoms with E-state index in [1.807, 2.05) is 36.4 Å². The van der Waals surface area contributed by atoms with Gasteiger partial charge in [0.05, 0.1) is 5.92 Å². The lowest BCUT2D eigenvalue weighted by atomic mass is 9.97. The van der Waals surface area contributed by atoms with Gasteiger partial charge >= 0.3 is 0 Å². The first-order valence-corrected chi connectivity index (χ1v) is 11.3. The summed E-state index contributed by atoms with van der Waals surface area (Å²) in [5.74, 6) is -0.979. The van der Waals surface area contributed by atoms with Gasteiger partial charge in [-0.25, -0.2) is 0 Å². The van der Waals surface area contributed by atoms with E-state index in [1.165, 1.54) is 16.0 Å². The van der Waals surface area contributed by atoms with Crippen molar-refractivity contribution in [2.75, 3.05) is 5.32 Å². The van der Waals surface area contributed by atoms with E-state index in [0.29, 0.717) is 12.0 Å². The van der Waals surface area contributed by atoms with Crippen LogP contribution in [0.1, 0.15) is 33.5 Å². The van der Waals surface area contributed by atoms with Crippen LogP contribution in [0.5, 0.6) is 0 Å². The van der Waals surface area contributed by atoms with Gasteiger partial charge in [0.2, 0.25) is 11.8 Å². The highest BCUT2D eigenvalue weighted by Crippen LogP contribution is 2.30. The van der Waals surface area contributed by atoms with Gasteiger partial charge in [-0.3, -0.25) is 19.7 Å². The summed E-state index contributed by atoms with van der Waals surface area (Å²) in [6.07, 6.45) is 0.706. The fourth-order valence-corrected chi connectivity index (χ4v) is 4.49. The zero-order chi connectivity index (χ0) is 22.7. The Morgan fingerprint density at radius 1 is 0.938 bits per heavy atom. The van der Waals surface area contributed by atoms with Gasteiger partial charge in [0.15, 0.2) is 0 Å².